The van der Waals surface area contributed by atoms with Gasteiger partial charge in [0.2, 0.25) is 0 Å². The normalized spacial score (nSPS) is 13.1. The average molecular weight is 467 g/mol. The first-order chi connectivity index (χ1) is 14.6. The molecule has 0 aliphatic heterocycles. The Morgan fingerprint density at radius 2 is 0.700 bits per heavy atom. The molecule has 0 heterocycles. The minimum atomic E-state index is -3.02. The molecule has 0 saturated carbocycles. The van der Waals surface area contributed by atoms with Crippen LogP contribution in [0.3, 0.4) is 0 Å². The summed E-state index contributed by atoms with van der Waals surface area (Å²) in [6.07, 6.45) is 9.48. The molecule has 0 saturated heterocycles. The van der Waals surface area contributed by atoms with E-state index in [0.717, 1.165) is 12.8 Å². The van der Waals surface area contributed by atoms with E-state index in [4.69, 9.17) is 35.4 Å². The Labute approximate surface area is 185 Å². The highest BCUT2D eigenvalue weighted by Crippen LogP contribution is 2.13. The van der Waals surface area contributed by atoms with Gasteiger partial charge in [-0.05, 0) is 54.4 Å². The lowest BCUT2D eigenvalue weighted by Gasteiger charge is -2.26. The Morgan fingerprint density at radius 3 is 0.933 bits per heavy atom. The summed E-state index contributed by atoms with van der Waals surface area (Å²) in [6.45, 7) is 15.3. The number of rotatable bonds is 21. The number of allylic oxidation sites excluding steroid dienone is 2. The highest BCUT2D eigenvalue weighted by Gasteiger charge is 2.45. The van der Waals surface area contributed by atoms with E-state index in [1.54, 1.807) is 0 Å². The van der Waals surface area contributed by atoms with E-state index in [1.807, 2.05) is 65.8 Å². The molecule has 0 aromatic heterocycles. The Balaban J connectivity index is 4.28. The lowest BCUT2D eigenvalue weighted by Crippen LogP contribution is -2.49. The summed E-state index contributed by atoms with van der Waals surface area (Å²) >= 11 is 0. The van der Waals surface area contributed by atoms with E-state index < -0.39 is 18.1 Å². The maximum Gasteiger partial charge on any atom is 0.679 e. The fourth-order valence-corrected chi connectivity index (χ4v) is 6.27. The molecule has 0 aromatic rings. The third-order valence-electron chi connectivity index (χ3n) is 3.44. The van der Waals surface area contributed by atoms with Crippen LogP contribution in [0.25, 0.3) is 0 Å². The Hall–Kier alpha value is -0.406. The molecule has 0 aliphatic rings. The molecule has 0 spiro atoms. The van der Waals surface area contributed by atoms with Crippen molar-refractivity contribution in [2.24, 2.45) is 0 Å². The van der Waals surface area contributed by atoms with Crippen LogP contribution < -0.4 is 0 Å². The zero-order chi connectivity index (χ0) is 22.6. The molecule has 0 bridgehead atoms. The van der Waals surface area contributed by atoms with Crippen molar-refractivity contribution in [2.75, 3.05) is 52.9 Å². The molecule has 0 aromatic carbocycles. The number of hydrogen-bond donors (Lipinski definition) is 0. The topological polar surface area (TPSA) is 73.8 Å². The average Bonchev–Trinajstić information content (AvgIpc) is 2.70. The minimum absolute atomic E-state index is 0.477. The van der Waals surface area contributed by atoms with Gasteiger partial charge in [0.1, 0.15) is 0 Å². The molecule has 0 aliphatic carbocycles. The van der Waals surface area contributed by atoms with E-state index in [9.17, 15) is 0 Å². The summed E-state index contributed by atoms with van der Waals surface area (Å²) in [7, 11) is -6.04. The smallest absolute Gasteiger partial charge is 0.351 e. The van der Waals surface area contributed by atoms with Gasteiger partial charge in [-0.2, -0.15) is 0 Å². The SMILES string of the molecule is CCO[Si](OCC)(OCC)OCC/C=C/C=C/CCO[Si](OCC)(OCC)OCC. The first-order valence-electron chi connectivity index (χ1n) is 11.0. The second-order valence-corrected chi connectivity index (χ2v) is 10.0. The van der Waals surface area contributed by atoms with Crippen molar-refractivity contribution in [3.8, 4) is 0 Å². The highest BCUT2D eigenvalue weighted by atomic mass is 28.4. The van der Waals surface area contributed by atoms with Gasteiger partial charge in [-0.3, -0.25) is 0 Å². The first-order valence-corrected chi connectivity index (χ1v) is 14.3. The van der Waals surface area contributed by atoms with Gasteiger partial charge in [0.15, 0.2) is 0 Å². The molecule has 30 heavy (non-hydrogen) atoms. The Morgan fingerprint density at radius 1 is 0.433 bits per heavy atom. The van der Waals surface area contributed by atoms with Crippen LogP contribution in [0.15, 0.2) is 24.3 Å². The molecule has 0 radical (unpaired) electrons. The minimum Gasteiger partial charge on any atom is -0.351 e. The first kappa shape index (κ1) is 29.6. The van der Waals surface area contributed by atoms with Crippen LogP contribution in [-0.2, 0) is 35.4 Å². The lowest BCUT2D eigenvalue weighted by molar-refractivity contribution is -0.0275. The van der Waals surface area contributed by atoms with Crippen molar-refractivity contribution >= 4 is 18.1 Å². The third kappa shape index (κ3) is 13.1. The van der Waals surface area contributed by atoms with E-state index in [-0.39, 0.29) is 0 Å². The van der Waals surface area contributed by atoms with Crippen LogP contribution >= 0.6 is 0 Å². The fraction of sp³-hybridized carbons (Fsp3) is 0.800. The summed E-state index contributed by atoms with van der Waals surface area (Å²) < 4.78 is 45.6. The quantitative estimate of drug-likeness (QED) is 0.143. The summed E-state index contributed by atoms with van der Waals surface area (Å²) in [5.74, 6) is 0. The highest BCUT2D eigenvalue weighted by molar-refractivity contribution is 6.53. The van der Waals surface area contributed by atoms with Crippen LogP contribution in [-0.4, -0.2) is 71.0 Å². The number of hydrogen-bond acceptors (Lipinski definition) is 8. The van der Waals surface area contributed by atoms with Crippen molar-refractivity contribution in [1.82, 2.24) is 0 Å². The van der Waals surface area contributed by atoms with Gasteiger partial charge in [0.05, 0.1) is 0 Å². The van der Waals surface area contributed by atoms with Crippen molar-refractivity contribution in [2.45, 2.75) is 54.4 Å². The maximum atomic E-state index is 5.84. The summed E-state index contributed by atoms with van der Waals surface area (Å²) in [6, 6.07) is 0. The molecule has 0 rings (SSSR count). The molecule has 0 unspecified atom stereocenters. The van der Waals surface area contributed by atoms with Crippen LogP contribution in [0.1, 0.15) is 54.4 Å². The molecule has 0 fully saturated rings. The van der Waals surface area contributed by atoms with Crippen molar-refractivity contribution in [3.63, 3.8) is 0 Å². The van der Waals surface area contributed by atoms with Crippen LogP contribution in [0.5, 0.6) is 0 Å². The molecule has 8 nitrogen and oxygen atoms in total. The Kier molecular flexibility index (Phi) is 19.0. The van der Waals surface area contributed by atoms with Crippen LogP contribution in [0.4, 0.5) is 0 Å². The molecule has 178 valence electrons. The predicted octanol–water partition coefficient (Wildman–Crippen LogP) is 4.00. The largest absolute Gasteiger partial charge is 0.679 e. The van der Waals surface area contributed by atoms with Gasteiger partial charge in [-0.25, -0.2) is 0 Å². The molecular formula is C20H42O8Si2. The van der Waals surface area contributed by atoms with E-state index in [2.05, 4.69) is 0 Å². The van der Waals surface area contributed by atoms with Gasteiger partial charge in [0, 0.05) is 52.9 Å². The maximum absolute atomic E-state index is 5.84. The molecule has 0 amide bonds. The van der Waals surface area contributed by atoms with Gasteiger partial charge >= 0.3 is 18.1 Å². The second-order valence-electron chi connectivity index (χ2n) is 5.73. The summed E-state index contributed by atoms with van der Waals surface area (Å²) in [5, 5.41) is 0. The van der Waals surface area contributed by atoms with E-state index in [1.165, 1.54) is 0 Å². The third-order valence-corrected chi connectivity index (χ3v) is 8.41. The second kappa shape index (κ2) is 19.3. The lowest BCUT2D eigenvalue weighted by atomic mass is 10.3. The van der Waals surface area contributed by atoms with Crippen molar-refractivity contribution in [3.05, 3.63) is 24.3 Å². The van der Waals surface area contributed by atoms with Crippen LogP contribution in [0, 0.1) is 0 Å². The van der Waals surface area contributed by atoms with Gasteiger partial charge in [-0.15, -0.1) is 0 Å². The van der Waals surface area contributed by atoms with E-state index in [0.29, 0.717) is 52.9 Å². The van der Waals surface area contributed by atoms with Gasteiger partial charge in [0.25, 0.3) is 0 Å². The molecule has 0 N–H and O–H groups in total. The van der Waals surface area contributed by atoms with Crippen molar-refractivity contribution < 1.29 is 35.4 Å². The fourth-order valence-electron chi connectivity index (χ4n) is 2.41. The van der Waals surface area contributed by atoms with Crippen molar-refractivity contribution in [1.29, 1.82) is 0 Å². The van der Waals surface area contributed by atoms with Gasteiger partial charge < -0.3 is 35.4 Å². The predicted molar refractivity (Wildman–Crippen MR) is 121 cm³/mol. The van der Waals surface area contributed by atoms with Crippen LogP contribution in [0.2, 0.25) is 0 Å². The van der Waals surface area contributed by atoms with E-state index >= 15 is 0 Å². The molecule has 0 atom stereocenters. The Bertz CT molecular complexity index is 374. The molecular weight excluding hydrogens is 424 g/mol. The standard InChI is InChI=1S/C20H42O8Si2/c1-7-21-29(22-8-2,23-9-3)27-19-17-15-13-14-16-18-20-28-30(24-10-4,25-11-5)26-12-6/h13-16H,7-12,17-20H2,1-6H3/b15-13+,16-14+. The zero-order valence-electron chi connectivity index (χ0n) is 19.6. The summed E-state index contributed by atoms with van der Waals surface area (Å²) in [5.41, 5.74) is 0. The zero-order valence-corrected chi connectivity index (χ0v) is 21.6. The van der Waals surface area contributed by atoms with Gasteiger partial charge in [-0.1, -0.05) is 24.3 Å². The monoisotopic (exact) mass is 466 g/mol. The molecule has 10 heteroatoms. The summed E-state index contributed by atoms with van der Waals surface area (Å²) in [4.78, 5) is 0.